The Kier molecular flexibility index (Phi) is 6.36. The van der Waals surface area contributed by atoms with Crippen molar-refractivity contribution in [3.63, 3.8) is 0 Å². The summed E-state index contributed by atoms with van der Waals surface area (Å²) in [6, 6.07) is 9.52. The lowest BCUT2D eigenvalue weighted by molar-refractivity contribution is -0.151. The predicted molar refractivity (Wildman–Crippen MR) is 94.3 cm³/mol. The second-order valence-corrected chi connectivity index (χ2v) is 6.03. The van der Waals surface area contributed by atoms with Crippen LogP contribution in [0.3, 0.4) is 0 Å². The molecular formula is C20H25NO3. The van der Waals surface area contributed by atoms with Crippen LogP contribution in [-0.4, -0.2) is 36.0 Å². The number of benzene rings is 1. The smallest absolute Gasteiger partial charge is 0.328 e. The standard InChI is InChI=1S/C20H25NO3/c1-4-9-17-16(13-15-11-7-6-8-12-15)14-18(20(23)24-3)21(17)19(22)10-5-2/h4-9,11-12,16-18H,2,10,13-14H2,1,3H3/b9-4-/t16-,17-,18+/m1/s1. The van der Waals surface area contributed by atoms with Crippen molar-refractivity contribution in [2.75, 3.05) is 7.11 Å². The van der Waals surface area contributed by atoms with Crippen LogP contribution in [0.25, 0.3) is 0 Å². The first-order chi connectivity index (χ1) is 11.6. The van der Waals surface area contributed by atoms with Gasteiger partial charge in [-0.1, -0.05) is 48.6 Å². The second-order valence-electron chi connectivity index (χ2n) is 6.03. The molecule has 2 rings (SSSR count). The highest BCUT2D eigenvalue weighted by Gasteiger charge is 2.45. The Balaban J connectivity index is 2.31. The van der Waals surface area contributed by atoms with Gasteiger partial charge in [-0.15, -0.1) is 6.58 Å². The number of nitrogens with zero attached hydrogens (tertiary/aromatic N) is 1. The van der Waals surface area contributed by atoms with Gasteiger partial charge < -0.3 is 9.64 Å². The van der Waals surface area contributed by atoms with E-state index in [0.29, 0.717) is 6.42 Å². The fourth-order valence-electron chi connectivity index (χ4n) is 3.46. The number of hydrogen-bond acceptors (Lipinski definition) is 3. The van der Waals surface area contributed by atoms with E-state index in [0.717, 1.165) is 6.42 Å². The number of carbonyl (C=O) groups is 2. The van der Waals surface area contributed by atoms with Gasteiger partial charge in [-0.2, -0.15) is 0 Å². The lowest BCUT2D eigenvalue weighted by Gasteiger charge is -2.28. The second kappa shape index (κ2) is 8.48. The van der Waals surface area contributed by atoms with Crippen LogP contribution < -0.4 is 0 Å². The molecule has 0 unspecified atom stereocenters. The SMILES string of the molecule is C=CCC(=O)N1[C@H](/C=C\C)[C@H](Cc2ccccc2)C[C@H]1C(=O)OC. The van der Waals surface area contributed by atoms with E-state index in [4.69, 9.17) is 4.74 Å². The lowest BCUT2D eigenvalue weighted by atomic mass is 9.91. The number of carbonyl (C=O) groups excluding carboxylic acids is 2. The molecular weight excluding hydrogens is 302 g/mol. The molecule has 1 fully saturated rings. The average Bonchev–Trinajstić information content (AvgIpc) is 2.94. The van der Waals surface area contributed by atoms with Gasteiger partial charge in [0, 0.05) is 6.42 Å². The third-order valence-electron chi connectivity index (χ3n) is 4.48. The highest BCUT2D eigenvalue weighted by Crippen LogP contribution is 2.34. The van der Waals surface area contributed by atoms with Crippen molar-refractivity contribution in [2.45, 2.75) is 38.3 Å². The van der Waals surface area contributed by atoms with Crippen molar-refractivity contribution in [3.05, 3.63) is 60.7 Å². The van der Waals surface area contributed by atoms with Gasteiger partial charge in [-0.05, 0) is 31.2 Å². The van der Waals surface area contributed by atoms with Gasteiger partial charge in [0.1, 0.15) is 6.04 Å². The summed E-state index contributed by atoms with van der Waals surface area (Å²) in [4.78, 5) is 26.5. The molecule has 0 aromatic heterocycles. The van der Waals surface area contributed by atoms with E-state index in [1.165, 1.54) is 12.7 Å². The molecule has 0 spiro atoms. The zero-order chi connectivity index (χ0) is 17.5. The summed E-state index contributed by atoms with van der Waals surface area (Å²) in [5, 5.41) is 0. The van der Waals surface area contributed by atoms with E-state index in [1.54, 1.807) is 11.0 Å². The fourth-order valence-corrected chi connectivity index (χ4v) is 3.46. The van der Waals surface area contributed by atoms with E-state index in [-0.39, 0.29) is 30.3 Å². The van der Waals surface area contributed by atoms with Crippen LogP contribution in [0.2, 0.25) is 0 Å². The Hall–Kier alpha value is -2.36. The van der Waals surface area contributed by atoms with E-state index >= 15 is 0 Å². The minimum atomic E-state index is -0.530. The molecule has 0 saturated carbocycles. The van der Waals surface area contributed by atoms with Gasteiger partial charge in [0.15, 0.2) is 0 Å². The van der Waals surface area contributed by atoms with Crippen LogP contribution >= 0.6 is 0 Å². The summed E-state index contributed by atoms with van der Waals surface area (Å²) in [5.41, 5.74) is 1.21. The highest BCUT2D eigenvalue weighted by atomic mass is 16.5. The molecule has 1 aliphatic heterocycles. The normalized spacial score (nSPS) is 23.4. The molecule has 4 heteroatoms. The Labute approximate surface area is 143 Å². The van der Waals surface area contributed by atoms with Crippen molar-refractivity contribution >= 4 is 11.9 Å². The van der Waals surface area contributed by atoms with Crippen LogP contribution in [0.15, 0.2) is 55.1 Å². The molecule has 4 nitrogen and oxygen atoms in total. The van der Waals surface area contributed by atoms with Gasteiger partial charge in [0.2, 0.25) is 5.91 Å². The summed E-state index contributed by atoms with van der Waals surface area (Å²) >= 11 is 0. The maximum Gasteiger partial charge on any atom is 0.328 e. The molecule has 1 heterocycles. The van der Waals surface area contributed by atoms with Gasteiger partial charge in [-0.25, -0.2) is 4.79 Å². The van der Waals surface area contributed by atoms with Crippen molar-refractivity contribution in [3.8, 4) is 0 Å². The van der Waals surface area contributed by atoms with Crippen molar-refractivity contribution in [2.24, 2.45) is 5.92 Å². The molecule has 1 saturated heterocycles. The van der Waals surface area contributed by atoms with Gasteiger partial charge in [0.05, 0.1) is 13.2 Å². The third kappa shape index (κ3) is 3.94. The maximum atomic E-state index is 12.6. The van der Waals surface area contributed by atoms with Gasteiger partial charge in [-0.3, -0.25) is 4.79 Å². The summed E-state index contributed by atoms with van der Waals surface area (Å²) < 4.78 is 4.93. The van der Waals surface area contributed by atoms with Crippen LogP contribution in [0.1, 0.15) is 25.3 Å². The van der Waals surface area contributed by atoms with Crippen molar-refractivity contribution < 1.29 is 14.3 Å². The molecule has 0 aliphatic carbocycles. The fraction of sp³-hybridized carbons (Fsp3) is 0.400. The third-order valence-corrected chi connectivity index (χ3v) is 4.48. The molecule has 1 amide bonds. The van der Waals surface area contributed by atoms with E-state index in [2.05, 4.69) is 18.7 Å². The molecule has 0 radical (unpaired) electrons. The zero-order valence-corrected chi connectivity index (χ0v) is 14.4. The largest absolute Gasteiger partial charge is 0.467 e. The number of rotatable bonds is 6. The first-order valence-electron chi connectivity index (χ1n) is 8.29. The quantitative estimate of drug-likeness (QED) is 0.596. The van der Waals surface area contributed by atoms with E-state index in [1.807, 2.05) is 37.3 Å². The Bertz CT molecular complexity index is 609. The van der Waals surface area contributed by atoms with Crippen LogP contribution in [0, 0.1) is 5.92 Å². The number of amides is 1. The van der Waals surface area contributed by atoms with Crippen LogP contribution in [0.4, 0.5) is 0 Å². The minimum absolute atomic E-state index is 0.0842. The minimum Gasteiger partial charge on any atom is -0.467 e. The molecule has 1 aliphatic rings. The van der Waals surface area contributed by atoms with Crippen LogP contribution in [-0.2, 0) is 20.7 Å². The molecule has 0 bridgehead atoms. The van der Waals surface area contributed by atoms with E-state index < -0.39 is 6.04 Å². The average molecular weight is 327 g/mol. The van der Waals surface area contributed by atoms with Crippen LogP contribution in [0.5, 0.6) is 0 Å². The summed E-state index contributed by atoms with van der Waals surface area (Å²) in [6.45, 7) is 5.57. The first-order valence-corrected chi connectivity index (χ1v) is 8.29. The first kappa shape index (κ1) is 18.0. The van der Waals surface area contributed by atoms with Crippen molar-refractivity contribution in [1.29, 1.82) is 0 Å². The topological polar surface area (TPSA) is 46.6 Å². The number of allylic oxidation sites excluding steroid dienone is 1. The highest BCUT2D eigenvalue weighted by molar-refractivity contribution is 5.86. The Morgan fingerprint density at radius 3 is 2.62 bits per heavy atom. The van der Waals surface area contributed by atoms with Gasteiger partial charge in [0.25, 0.3) is 0 Å². The number of ether oxygens (including phenoxy) is 1. The molecule has 128 valence electrons. The summed E-state index contributed by atoms with van der Waals surface area (Å²) in [6.07, 6.45) is 7.18. The molecule has 1 aromatic carbocycles. The number of methoxy groups -OCH3 is 1. The molecule has 24 heavy (non-hydrogen) atoms. The lowest BCUT2D eigenvalue weighted by Crippen LogP contribution is -2.45. The van der Waals surface area contributed by atoms with E-state index in [9.17, 15) is 9.59 Å². The van der Waals surface area contributed by atoms with Crippen molar-refractivity contribution in [1.82, 2.24) is 4.90 Å². The Morgan fingerprint density at radius 2 is 2.04 bits per heavy atom. The monoisotopic (exact) mass is 327 g/mol. The predicted octanol–water partition coefficient (Wildman–Crippen LogP) is 3.14. The number of esters is 1. The van der Waals surface area contributed by atoms with Gasteiger partial charge >= 0.3 is 5.97 Å². The number of hydrogen-bond donors (Lipinski definition) is 0. The summed E-state index contributed by atoms with van der Waals surface area (Å²) in [7, 11) is 1.37. The molecule has 3 atom stereocenters. The number of likely N-dealkylation sites (tertiary alicyclic amines) is 1. The molecule has 1 aromatic rings. The molecule has 0 N–H and O–H groups in total. The maximum absolute atomic E-state index is 12.6. The Morgan fingerprint density at radius 1 is 1.33 bits per heavy atom. The zero-order valence-electron chi connectivity index (χ0n) is 14.4. The summed E-state index contributed by atoms with van der Waals surface area (Å²) in [5.74, 6) is -0.252.